The number of amides is 2. The van der Waals surface area contributed by atoms with Crippen LogP contribution in [0.15, 0.2) is 83.8 Å². The number of rotatable bonds is 12. The second kappa shape index (κ2) is 12.9. The van der Waals surface area contributed by atoms with E-state index in [4.69, 9.17) is 4.74 Å². The molecule has 0 aliphatic carbocycles. The minimum Gasteiger partial charge on any atom is -0.497 e. The third-order valence-corrected chi connectivity index (χ3v) is 7.87. The van der Waals surface area contributed by atoms with Crippen LogP contribution in [0.25, 0.3) is 0 Å². The number of hydrogen-bond acceptors (Lipinski definition) is 7. The summed E-state index contributed by atoms with van der Waals surface area (Å²) in [6.45, 7) is 1.07. The molecule has 0 bridgehead atoms. The van der Waals surface area contributed by atoms with E-state index in [2.05, 4.69) is 5.32 Å². The highest BCUT2D eigenvalue weighted by Crippen LogP contribution is 2.28. The van der Waals surface area contributed by atoms with Gasteiger partial charge >= 0.3 is 0 Å². The second-order valence-electron chi connectivity index (χ2n) is 8.51. The van der Waals surface area contributed by atoms with Gasteiger partial charge in [0.1, 0.15) is 18.3 Å². The monoisotopic (exact) mass is 554 g/mol. The molecule has 0 aromatic heterocycles. The molecule has 0 aliphatic rings. The predicted octanol–water partition coefficient (Wildman–Crippen LogP) is 3.35. The van der Waals surface area contributed by atoms with E-state index >= 15 is 0 Å². The Kier molecular flexibility index (Phi) is 9.61. The number of methoxy groups -OCH3 is 1. The van der Waals surface area contributed by atoms with Crippen molar-refractivity contribution in [3.63, 3.8) is 0 Å². The van der Waals surface area contributed by atoms with Gasteiger partial charge in [-0.15, -0.1) is 0 Å². The third-order valence-electron chi connectivity index (χ3n) is 6.08. The van der Waals surface area contributed by atoms with Crippen LogP contribution in [0, 0.1) is 10.1 Å². The van der Waals surface area contributed by atoms with E-state index < -0.39 is 39.3 Å². The first-order valence-corrected chi connectivity index (χ1v) is 13.5. The molecule has 3 aromatic carbocycles. The van der Waals surface area contributed by atoms with E-state index in [-0.39, 0.29) is 29.2 Å². The molecule has 3 rings (SSSR count). The Balaban J connectivity index is 2.08. The van der Waals surface area contributed by atoms with Gasteiger partial charge in [0.05, 0.1) is 22.6 Å². The van der Waals surface area contributed by atoms with Crippen LogP contribution in [-0.2, 0) is 26.2 Å². The number of ether oxygens (including phenoxy) is 1. The summed E-state index contributed by atoms with van der Waals surface area (Å²) in [6, 6.07) is 18.5. The van der Waals surface area contributed by atoms with Crippen LogP contribution in [0.2, 0.25) is 0 Å². The van der Waals surface area contributed by atoms with Gasteiger partial charge in [-0.3, -0.25) is 24.0 Å². The zero-order valence-electron chi connectivity index (χ0n) is 21.8. The van der Waals surface area contributed by atoms with Gasteiger partial charge in [-0.2, -0.15) is 0 Å². The maximum absolute atomic E-state index is 13.9. The van der Waals surface area contributed by atoms with Crippen LogP contribution in [-0.4, -0.2) is 56.8 Å². The molecule has 2 amide bonds. The third kappa shape index (κ3) is 6.90. The molecule has 3 aromatic rings. The maximum atomic E-state index is 13.9. The molecule has 0 fully saturated rings. The number of carbonyl (C=O) groups excluding carboxylic acids is 2. The highest BCUT2D eigenvalue weighted by Gasteiger charge is 2.33. The fraction of sp³-hybridized carbons (Fsp3) is 0.259. The van der Waals surface area contributed by atoms with Crippen molar-refractivity contribution >= 4 is 33.2 Å². The number of nitrogens with one attached hydrogen (secondary N) is 1. The number of nitro groups is 1. The van der Waals surface area contributed by atoms with Gasteiger partial charge in [0.2, 0.25) is 11.8 Å². The van der Waals surface area contributed by atoms with Crippen LogP contribution in [0.1, 0.15) is 18.9 Å². The first-order chi connectivity index (χ1) is 18.6. The quantitative estimate of drug-likeness (QED) is 0.268. The van der Waals surface area contributed by atoms with Crippen molar-refractivity contribution in [1.29, 1.82) is 0 Å². The standard InChI is InChI=1S/C27H30N4O7S/c1-4-25(27(33)28-2)29(18-20-13-15-23(38-3)16-14-20)26(32)19-30(21-9-8-10-22(17-21)31(34)35)39(36,37)24-11-6-5-7-12-24/h5-17,25H,4,18-19H2,1-3H3,(H,28,33)/t25-/m1/s1. The summed E-state index contributed by atoms with van der Waals surface area (Å²) >= 11 is 0. The van der Waals surface area contributed by atoms with E-state index in [1.54, 1.807) is 37.3 Å². The number of non-ortho nitro benzene ring substituents is 1. The zero-order chi connectivity index (χ0) is 28.6. The van der Waals surface area contributed by atoms with Crippen molar-refractivity contribution in [2.45, 2.75) is 30.8 Å². The van der Waals surface area contributed by atoms with Crippen molar-refractivity contribution in [3.8, 4) is 5.75 Å². The molecule has 12 heteroatoms. The molecule has 0 spiro atoms. The normalized spacial score (nSPS) is 11.8. The lowest BCUT2D eigenvalue weighted by Gasteiger charge is -2.33. The molecule has 0 unspecified atom stereocenters. The average molecular weight is 555 g/mol. The minimum atomic E-state index is -4.32. The number of carbonyl (C=O) groups is 2. The number of likely N-dealkylation sites (N-methyl/N-ethyl adjacent to an activating group) is 1. The van der Waals surface area contributed by atoms with Crippen LogP contribution >= 0.6 is 0 Å². The van der Waals surface area contributed by atoms with Crippen LogP contribution in [0.3, 0.4) is 0 Å². The molecule has 11 nitrogen and oxygen atoms in total. The van der Waals surface area contributed by atoms with Crippen molar-refractivity contribution in [1.82, 2.24) is 10.2 Å². The summed E-state index contributed by atoms with van der Waals surface area (Å²) in [7, 11) is -1.34. The Morgan fingerprint density at radius 3 is 2.26 bits per heavy atom. The molecule has 1 atom stereocenters. The molecule has 0 saturated heterocycles. The molecule has 39 heavy (non-hydrogen) atoms. The largest absolute Gasteiger partial charge is 0.497 e. The van der Waals surface area contributed by atoms with Crippen molar-refractivity contribution in [2.24, 2.45) is 0 Å². The van der Waals surface area contributed by atoms with Gasteiger partial charge in [0.25, 0.3) is 15.7 Å². The van der Waals surface area contributed by atoms with Crippen LogP contribution in [0.4, 0.5) is 11.4 Å². The molecular weight excluding hydrogens is 524 g/mol. The lowest BCUT2D eigenvalue weighted by atomic mass is 10.1. The van der Waals surface area contributed by atoms with Gasteiger partial charge in [0, 0.05) is 25.7 Å². The summed E-state index contributed by atoms with van der Waals surface area (Å²) in [5, 5.41) is 14.0. The fourth-order valence-corrected chi connectivity index (χ4v) is 5.45. The lowest BCUT2D eigenvalue weighted by Crippen LogP contribution is -2.51. The van der Waals surface area contributed by atoms with Gasteiger partial charge in [-0.1, -0.05) is 43.3 Å². The summed E-state index contributed by atoms with van der Waals surface area (Å²) in [6.07, 6.45) is 0.268. The Hall–Kier alpha value is -4.45. The number of hydrogen-bond donors (Lipinski definition) is 1. The summed E-state index contributed by atoms with van der Waals surface area (Å²) in [5.41, 5.74) is 0.304. The number of nitro benzene ring substituents is 1. The SMILES string of the molecule is CC[C@H](C(=O)NC)N(Cc1ccc(OC)cc1)C(=O)CN(c1cccc([N+](=O)[O-])c1)S(=O)(=O)c1ccccc1. The smallest absolute Gasteiger partial charge is 0.271 e. The molecule has 1 N–H and O–H groups in total. The number of anilines is 1. The summed E-state index contributed by atoms with van der Waals surface area (Å²) < 4.78 is 33.5. The van der Waals surface area contributed by atoms with Crippen molar-refractivity contribution < 1.29 is 27.7 Å². The highest BCUT2D eigenvalue weighted by molar-refractivity contribution is 7.92. The van der Waals surface area contributed by atoms with Gasteiger partial charge in [-0.25, -0.2) is 8.42 Å². The first-order valence-electron chi connectivity index (χ1n) is 12.1. The Bertz CT molecular complexity index is 1410. The first kappa shape index (κ1) is 29.1. The average Bonchev–Trinajstić information content (AvgIpc) is 2.96. The van der Waals surface area contributed by atoms with Gasteiger partial charge in [-0.05, 0) is 42.3 Å². The van der Waals surface area contributed by atoms with E-state index in [0.717, 1.165) is 10.4 Å². The van der Waals surface area contributed by atoms with Gasteiger partial charge in [0.15, 0.2) is 0 Å². The Labute approximate surface area is 227 Å². The topological polar surface area (TPSA) is 139 Å². The minimum absolute atomic E-state index is 0.0168. The Morgan fingerprint density at radius 1 is 1.03 bits per heavy atom. The number of sulfonamides is 1. The number of benzene rings is 3. The van der Waals surface area contributed by atoms with E-state index in [1.807, 2.05) is 0 Å². The molecule has 0 aliphatic heterocycles. The molecular formula is C27H30N4O7S. The van der Waals surface area contributed by atoms with E-state index in [9.17, 15) is 28.1 Å². The van der Waals surface area contributed by atoms with E-state index in [1.165, 1.54) is 61.5 Å². The fourth-order valence-electron chi connectivity index (χ4n) is 4.02. The summed E-state index contributed by atoms with van der Waals surface area (Å²) in [4.78, 5) is 38.6. The van der Waals surface area contributed by atoms with Gasteiger partial charge < -0.3 is 15.0 Å². The van der Waals surface area contributed by atoms with Crippen molar-refractivity contribution in [2.75, 3.05) is 25.0 Å². The maximum Gasteiger partial charge on any atom is 0.271 e. The number of nitrogens with zero attached hydrogens (tertiary/aromatic N) is 3. The summed E-state index contributed by atoms with van der Waals surface area (Å²) in [5.74, 6) is -0.458. The molecule has 0 saturated carbocycles. The molecule has 0 radical (unpaired) electrons. The predicted molar refractivity (Wildman–Crippen MR) is 146 cm³/mol. The molecule has 206 valence electrons. The van der Waals surface area contributed by atoms with Crippen LogP contribution < -0.4 is 14.4 Å². The zero-order valence-corrected chi connectivity index (χ0v) is 22.6. The van der Waals surface area contributed by atoms with E-state index in [0.29, 0.717) is 11.3 Å². The highest BCUT2D eigenvalue weighted by atomic mass is 32.2. The molecule has 0 heterocycles. The lowest BCUT2D eigenvalue weighted by molar-refractivity contribution is -0.384. The Morgan fingerprint density at radius 2 is 1.69 bits per heavy atom. The van der Waals surface area contributed by atoms with Crippen LogP contribution in [0.5, 0.6) is 5.75 Å². The van der Waals surface area contributed by atoms with Crippen molar-refractivity contribution in [3.05, 3.63) is 94.5 Å². The second-order valence-corrected chi connectivity index (χ2v) is 10.4.